The number of anilines is 1. The number of carboxylic acids is 1. The van der Waals surface area contributed by atoms with Gasteiger partial charge in [-0.15, -0.1) is 0 Å². The fourth-order valence-corrected chi connectivity index (χ4v) is 4.22. The number of carbonyl (C=O) groups excluding carboxylic acids is 1. The lowest BCUT2D eigenvalue weighted by Gasteiger charge is -2.28. The number of imidazole rings is 1. The van der Waals surface area contributed by atoms with Gasteiger partial charge in [-0.05, 0) is 43.5 Å². The number of ether oxygens (including phenoxy) is 2. The van der Waals surface area contributed by atoms with E-state index in [-0.39, 0.29) is 11.9 Å². The molecule has 0 unspecified atom stereocenters. The summed E-state index contributed by atoms with van der Waals surface area (Å²) in [5, 5.41) is 10.2. The van der Waals surface area contributed by atoms with Gasteiger partial charge in [-0.1, -0.05) is 0 Å². The monoisotopic (exact) mass is 562 g/mol. The zero-order valence-corrected chi connectivity index (χ0v) is 21.7. The van der Waals surface area contributed by atoms with Gasteiger partial charge in [0.2, 0.25) is 0 Å². The Labute approximate surface area is 227 Å². The highest BCUT2D eigenvalue weighted by molar-refractivity contribution is 5.94. The van der Waals surface area contributed by atoms with Crippen LogP contribution in [-0.4, -0.2) is 88.7 Å². The highest BCUT2D eigenvalue weighted by Gasteiger charge is 2.38. The van der Waals surface area contributed by atoms with E-state index in [4.69, 9.17) is 19.4 Å². The molecule has 5 heterocycles. The number of aromatic nitrogens is 4. The Morgan fingerprint density at radius 1 is 1.07 bits per heavy atom. The molecule has 3 aromatic rings. The summed E-state index contributed by atoms with van der Waals surface area (Å²) in [6, 6.07) is 6.19. The number of carbonyl (C=O) groups is 2. The van der Waals surface area contributed by atoms with Crippen molar-refractivity contribution in [3.05, 3.63) is 48.2 Å². The van der Waals surface area contributed by atoms with Crippen LogP contribution >= 0.6 is 0 Å². The van der Waals surface area contributed by atoms with Crippen LogP contribution in [0.1, 0.15) is 29.0 Å². The third-order valence-corrected chi connectivity index (χ3v) is 6.33. The maximum atomic E-state index is 12.8. The quantitative estimate of drug-likeness (QED) is 0.427. The lowest BCUT2D eigenvalue weighted by Crippen LogP contribution is -2.39. The van der Waals surface area contributed by atoms with Gasteiger partial charge in [0, 0.05) is 56.0 Å². The molecule has 0 spiro atoms. The molecule has 2 fully saturated rings. The molecule has 11 nitrogen and oxygen atoms in total. The van der Waals surface area contributed by atoms with Crippen LogP contribution in [0.5, 0.6) is 0 Å². The zero-order chi connectivity index (χ0) is 28.7. The topological polar surface area (TPSA) is 143 Å². The molecule has 2 aliphatic heterocycles. The molecule has 3 N–H and O–H groups in total. The number of nitrogens with one attached hydrogen (secondary N) is 2. The van der Waals surface area contributed by atoms with Crippen molar-refractivity contribution in [3.8, 4) is 22.6 Å². The zero-order valence-electron chi connectivity index (χ0n) is 21.7. The van der Waals surface area contributed by atoms with Crippen LogP contribution in [0.2, 0.25) is 0 Å². The number of H-pyrrole nitrogens is 1. The Morgan fingerprint density at radius 2 is 1.75 bits per heavy atom. The number of pyridine rings is 2. The van der Waals surface area contributed by atoms with Crippen LogP contribution < -0.4 is 10.2 Å². The smallest absolute Gasteiger partial charge is 0.475 e. The van der Waals surface area contributed by atoms with Crippen LogP contribution in [0, 0.1) is 6.92 Å². The summed E-state index contributed by atoms with van der Waals surface area (Å²) < 4.78 is 42.6. The first-order chi connectivity index (χ1) is 19.1. The van der Waals surface area contributed by atoms with E-state index in [2.05, 4.69) is 36.2 Å². The predicted molar refractivity (Wildman–Crippen MR) is 138 cm³/mol. The van der Waals surface area contributed by atoms with Gasteiger partial charge in [-0.25, -0.2) is 9.78 Å². The number of alkyl halides is 3. The van der Waals surface area contributed by atoms with Crippen LogP contribution in [0.4, 0.5) is 18.9 Å². The number of rotatable bonds is 5. The average Bonchev–Trinajstić information content (AvgIpc) is 3.36. The molecule has 0 saturated carbocycles. The van der Waals surface area contributed by atoms with Crippen LogP contribution in [0.15, 0.2) is 36.8 Å². The minimum absolute atomic E-state index is 0.124. The minimum Gasteiger partial charge on any atom is -0.475 e. The van der Waals surface area contributed by atoms with E-state index < -0.39 is 12.1 Å². The van der Waals surface area contributed by atoms with E-state index in [9.17, 15) is 18.0 Å². The van der Waals surface area contributed by atoms with Crippen molar-refractivity contribution in [3.63, 3.8) is 0 Å². The Balaban J connectivity index is 0.000000470. The van der Waals surface area contributed by atoms with Gasteiger partial charge in [0.1, 0.15) is 11.4 Å². The third kappa shape index (κ3) is 7.54. The summed E-state index contributed by atoms with van der Waals surface area (Å²) in [5.74, 6) is -2.35. The molecule has 40 heavy (non-hydrogen) atoms. The van der Waals surface area contributed by atoms with E-state index >= 15 is 0 Å². The number of halogens is 3. The fraction of sp³-hybridized carbons (Fsp3) is 0.423. The maximum absolute atomic E-state index is 12.8. The third-order valence-electron chi connectivity index (χ3n) is 6.33. The number of hydrogen-bond acceptors (Lipinski definition) is 8. The van der Waals surface area contributed by atoms with E-state index in [1.54, 1.807) is 6.20 Å². The van der Waals surface area contributed by atoms with Crippen molar-refractivity contribution in [2.75, 3.05) is 44.4 Å². The van der Waals surface area contributed by atoms with Gasteiger partial charge in [0.25, 0.3) is 5.91 Å². The second-order valence-electron chi connectivity index (χ2n) is 9.18. The lowest BCUT2D eigenvalue weighted by molar-refractivity contribution is -0.192. The van der Waals surface area contributed by atoms with Gasteiger partial charge >= 0.3 is 12.1 Å². The summed E-state index contributed by atoms with van der Waals surface area (Å²) in [5.41, 5.74) is 4.87. The number of aliphatic carboxylic acids is 1. The summed E-state index contributed by atoms with van der Waals surface area (Å²) in [6.45, 7) is 6.38. The largest absolute Gasteiger partial charge is 0.490 e. The number of nitrogens with zero attached hydrogens (tertiary/aromatic N) is 4. The van der Waals surface area contributed by atoms with Crippen molar-refractivity contribution >= 4 is 17.6 Å². The molecule has 1 amide bonds. The average molecular weight is 563 g/mol. The highest BCUT2D eigenvalue weighted by Crippen LogP contribution is 2.27. The first kappa shape index (κ1) is 29.0. The maximum Gasteiger partial charge on any atom is 0.490 e. The lowest BCUT2D eigenvalue weighted by atomic mass is 10.1. The van der Waals surface area contributed by atoms with Crippen molar-refractivity contribution in [1.82, 2.24) is 25.3 Å². The van der Waals surface area contributed by atoms with Gasteiger partial charge in [-0.2, -0.15) is 13.2 Å². The van der Waals surface area contributed by atoms with Crippen LogP contribution in [-0.2, 0) is 14.3 Å². The van der Waals surface area contributed by atoms with Gasteiger partial charge in [0.05, 0.1) is 25.1 Å². The Bertz CT molecular complexity index is 1320. The van der Waals surface area contributed by atoms with Crippen LogP contribution in [0.3, 0.4) is 0 Å². The molecule has 2 aliphatic rings. The normalized spacial score (nSPS) is 16.1. The van der Waals surface area contributed by atoms with Gasteiger partial charge < -0.3 is 29.8 Å². The fourth-order valence-electron chi connectivity index (χ4n) is 4.22. The summed E-state index contributed by atoms with van der Waals surface area (Å²) in [7, 11) is 0. The van der Waals surface area contributed by atoms with Crippen molar-refractivity contribution in [2.24, 2.45) is 0 Å². The van der Waals surface area contributed by atoms with Gasteiger partial charge in [-0.3, -0.25) is 14.8 Å². The summed E-state index contributed by atoms with van der Waals surface area (Å²) >= 11 is 0. The predicted octanol–water partition coefficient (Wildman–Crippen LogP) is 3.22. The number of morpholine rings is 1. The summed E-state index contributed by atoms with van der Waals surface area (Å²) in [6.07, 6.45) is 2.05. The SMILES string of the molecule is Cc1[nH]c(-c2cc(-c3cncc(N4CCOCC4)c3)ccn2)nc1C(=O)NC1CCOCC1.O=C(O)C(F)(F)F. The van der Waals surface area contributed by atoms with Gasteiger partial charge in [0.15, 0.2) is 5.82 Å². The van der Waals surface area contributed by atoms with Crippen LogP contribution in [0.25, 0.3) is 22.6 Å². The second-order valence-corrected chi connectivity index (χ2v) is 9.18. The molecule has 5 rings (SSSR count). The molecule has 0 bridgehead atoms. The molecular weight excluding hydrogens is 533 g/mol. The molecule has 0 radical (unpaired) electrons. The second kappa shape index (κ2) is 12.9. The first-order valence-corrected chi connectivity index (χ1v) is 12.6. The molecule has 0 aliphatic carbocycles. The Kier molecular flexibility index (Phi) is 9.32. The van der Waals surface area contributed by atoms with Crippen molar-refractivity contribution in [2.45, 2.75) is 32.0 Å². The number of aryl methyl sites for hydroxylation is 1. The Hall–Kier alpha value is -4.04. The highest BCUT2D eigenvalue weighted by atomic mass is 19.4. The molecule has 3 aromatic heterocycles. The van der Waals surface area contributed by atoms with E-state index in [1.807, 2.05) is 31.5 Å². The molecule has 0 aromatic carbocycles. The standard InChI is InChI=1S/C24H28N6O3.C2HF3O2/c1-16-22(24(31)28-19-3-8-32-9-4-19)29-23(27-16)21-13-17(2-5-26-21)18-12-20(15-25-14-18)30-6-10-33-11-7-30;3-2(4,5)1(6)7/h2,5,12-15,19H,3-4,6-11H2,1H3,(H,27,29)(H,28,31);(H,6,7). The van der Waals surface area contributed by atoms with Crippen molar-refractivity contribution in [1.29, 1.82) is 0 Å². The Morgan fingerprint density at radius 3 is 2.42 bits per heavy atom. The summed E-state index contributed by atoms with van der Waals surface area (Å²) in [4.78, 5) is 40.7. The van der Waals surface area contributed by atoms with E-state index in [1.165, 1.54) is 0 Å². The van der Waals surface area contributed by atoms with E-state index in [0.717, 1.165) is 61.7 Å². The minimum atomic E-state index is -5.08. The number of hydrogen-bond donors (Lipinski definition) is 3. The molecule has 0 atom stereocenters. The number of carboxylic acid groups (broad SMARTS) is 1. The van der Waals surface area contributed by atoms with Crippen molar-refractivity contribution < 1.29 is 37.3 Å². The molecule has 214 valence electrons. The number of amides is 1. The molecular formula is C26H29F3N6O5. The molecule has 14 heteroatoms. The first-order valence-electron chi connectivity index (χ1n) is 12.6. The number of aromatic amines is 1. The molecule has 2 saturated heterocycles. The van der Waals surface area contributed by atoms with E-state index in [0.29, 0.717) is 30.4 Å².